The van der Waals surface area contributed by atoms with E-state index in [2.05, 4.69) is 5.32 Å². The molecule has 0 radical (unpaired) electrons. The molecule has 0 aliphatic carbocycles. The molecule has 1 aliphatic heterocycles. The quantitative estimate of drug-likeness (QED) is 0.772. The molecular weight excluding hydrogens is 396 g/mol. The number of benzene rings is 2. The van der Waals surface area contributed by atoms with Gasteiger partial charge in [0.2, 0.25) is 15.9 Å². The molecule has 2 aromatic carbocycles. The molecule has 0 aromatic heterocycles. The van der Waals surface area contributed by atoms with Gasteiger partial charge < -0.3 is 5.32 Å². The third-order valence-corrected chi connectivity index (χ3v) is 7.30. The first-order valence-electron chi connectivity index (χ1n) is 9.42. The average molecular weight is 421 g/mol. The second-order valence-electron chi connectivity index (χ2n) is 7.29. The van der Waals surface area contributed by atoms with Crippen molar-refractivity contribution >= 4 is 33.2 Å². The number of amides is 1. The van der Waals surface area contributed by atoms with Crippen LogP contribution in [0.15, 0.2) is 47.4 Å². The highest BCUT2D eigenvalue weighted by Gasteiger charge is 2.34. The summed E-state index contributed by atoms with van der Waals surface area (Å²) in [7, 11) is -3.67. The molecule has 1 atom stereocenters. The Morgan fingerprint density at radius 2 is 1.86 bits per heavy atom. The van der Waals surface area contributed by atoms with Gasteiger partial charge in [0.05, 0.1) is 4.90 Å². The van der Waals surface area contributed by atoms with Crippen LogP contribution in [0.2, 0.25) is 5.02 Å². The van der Waals surface area contributed by atoms with Crippen LogP contribution in [0, 0.1) is 13.8 Å². The van der Waals surface area contributed by atoms with Gasteiger partial charge in [-0.2, -0.15) is 4.31 Å². The molecule has 1 amide bonds. The molecule has 0 spiro atoms. The molecule has 1 unspecified atom stereocenters. The minimum atomic E-state index is -3.67. The first kappa shape index (κ1) is 20.8. The Morgan fingerprint density at radius 3 is 2.57 bits per heavy atom. The van der Waals surface area contributed by atoms with Crippen LogP contribution in [-0.4, -0.2) is 31.2 Å². The van der Waals surface area contributed by atoms with Crippen molar-refractivity contribution in [2.45, 2.75) is 50.5 Å². The van der Waals surface area contributed by atoms with Gasteiger partial charge in [0, 0.05) is 29.7 Å². The Balaban J connectivity index is 1.76. The second kappa shape index (κ2) is 8.64. The minimum Gasteiger partial charge on any atom is -0.326 e. The van der Waals surface area contributed by atoms with Gasteiger partial charge in [-0.3, -0.25) is 4.79 Å². The third kappa shape index (κ3) is 4.74. The van der Waals surface area contributed by atoms with E-state index in [1.165, 1.54) is 16.4 Å². The minimum absolute atomic E-state index is 0.139. The van der Waals surface area contributed by atoms with E-state index in [4.69, 9.17) is 11.6 Å². The van der Waals surface area contributed by atoms with Crippen LogP contribution in [0.5, 0.6) is 0 Å². The smallest absolute Gasteiger partial charge is 0.243 e. The lowest BCUT2D eigenvalue weighted by molar-refractivity contribution is -0.117. The Labute approximate surface area is 171 Å². The molecule has 3 rings (SSSR count). The standard InChI is InChI=1S/C21H25ClN2O3S/c1-15-6-7-16(2)20(13-15)23-21(25)14-18-5-3-4-12-24(18)28(26,27)19-10-8-17(22)9-11-19/h6-11,13,18H,3-5,12,14H2,1-2H3,(H,23,25). The topological polar surface area (TPSA) is 66.5 Å². The normalized spacial score (nSPS) is 18.0. The Kier molecular flexibility index (Phi) is 6.43. The van der Waals surface area contributed by atoms with Crippen LogP contribution < -0.4 is 5.32 Å². The largest absolute Gasteiger partial charge is 0.326 e. The third-order valence-electron chi connectivity index (χ3n) is 5.08. The number of nitrogens with one attached hydrogen (secondary N) is 1. The van der Waals surface area contributed by atoms with Gasteiger partial charge in [0.1, 0.15) is 0 Å². The number of hydrogen-bond donors (Lipinski definition) is 1. The highest BCUT2D eigenvalue weighted by molar-refractivity contribution is 7.89. The molecule has 7 heteroatoms. The highest BCUT2D eigenvalue weighted by Crippen LogP contribution is 2.28. The summed E-state index contributed by atoms with van der Waals surface area (Å²) in [5.74, 6) is -0.170. The molecule has 150 valence electrons. The first-order valence-corrected chi connectivity index (χ1v) is 11.2. The lowest BCUT2D eigenvalue weighted by Crippen LogP contribution is -2.45. The number of carbonyl (C=O) groups is 1. The fourth-order valence-corrected chi connectivity index (χ4v) is 5.34. The zero-order valence-electron chi connectivity index (χ0n) is 16.1. The van der Waals surface area contributed by atoms with Crippen molar-refractivity contribution in [2.75, 3.05) is 11.9 Å². The van der Waals surface area contributed by atoms with Crippen LogP contribution >= 0.6 is 11.6 Å². The maximum absolute atomic E-state index is 13.1. The average Bonchev–Trinajstić information content (AvgIpc) is 2.65. The molecule has 5 nitrogen and oxygen atoms in total. The summed E-state index contributed by atoms with van der Waals surface area (Å²) >= 11 is 5.88. The molecule has 0 saturated carbocycles. The first-order chi connectivity index (χ1) is 13.3. The molecule has 1 heterocycles. The van der Waals surface area contributed by atoms with Crippen molar-refractivity contribution in [2.24, 2.45) is 0 Å². The van der Waals surface area contributed by atoms with E-state index in [1.54, 1.807) is 12.1 Å². The van der Waals surface area contributed by atoms with Crippen LogP contribution in [0.1, 0.15) is 36.8 Å². The number of aryl methyl sites for hydroxylation is 2. The zero-order valence-corrected chi connectivity index (χ0v) is 17.7. The lowest BCUT2D eigenvalue weighted by Gasteiger charge is -2.34. The number of rotatable bonds is 5. The molecular formula is C21H25ClN2O3S. The van der Waals surface area contributed by atoms with Gasteiger partial charge >= 0.3 is 0 Å². The summed E-state index contributed by atoms with van der Waals surface area (Å²) in [5, 5.41) is 3.43. The molecule has 28 heavy (non-hydrogen) atoms. The van der Waals surface area contributed by atoms with E-state index in [9.17, 15) is 13.2 Å². The Morgan fingerprint density at radius 1 is 1.14 bits per heavy atom. The highest BCUT2D eigenvalue weighted by atomic mass is 35.5. The fourth-order valence-electron chi connectivity index (χ4n) is 3.52. The summed E-state index contributed by atoms with van der Waals surface area (Å²) in [6, 6.07) is 11.7. The van der Waals surface area contributed by atoms with Gasteiger partial charge in [0.25, 0.3) is 0 Å². The van der Waals surface area contributed by atoms with Crippen molar-refractivity contribution < 1.29 is 13.2 Å². The SMILES string of the molecule is Cc1ccc(C)c(NC(=O)CC2CCCCN2S(=O)(=O)c2ccc(Cl)cc2)c1. The molecule has 1 saturated heterocycles. The van der Waals surface area contributed by atoms with E-state index in [-0.39, 0.29) is 23.3 Å². The van der Waals surface area contributed by atoms with E-state index < -0.39 is 10.0 Å². The zero-order chi connectivity index (χ0) is 20.3. The van der Waals surface area contributed by atoms with Crippen LogP contribution in [0.25, 0.3) is 0 Å². The van der Waals surface area contributed by atoms with E-state index in [0.29, 0.717) is 18.0 Å². The van der Waals surface area contributed by atoms with E-state index in [1.807, 2.05) is 32.0 Å². The predicted octanol–water partition coefficient (Wildman–Crippen LogP) is 4.53. The number of nitrogens with zero attached hydrogens (tertiary/aromatic N) is 1. The molecule has 1 fully saturated rings. The van der Waals surface area contributed by atoms with Crippen LogP contribution in [0.3, 0.4) is 0 Å². The summed E-state index contributed by atoms with van der Waals surface area (Å²) in [6.07, 6.45) is 2.52. The number of carbonyl (C=O) groups excluding carboxylic acids is 1. The van der Waals surface area contributed by atoms with Gasteiger partial charge in [-0.15, -0.1) is 0 Å². The second-order valence-corrected chi connectivity index (χ2v) is 9.62. The van der Waals surface area contributed by atoms with Gasteiger partial charge in [-0.25, -0.2) is 8.42 Å². The molecule has 1 aliphatic rings. The summed E-state index contributed by atoms with van der Waals surface area (Å²) in [5.41, 5.74) is 2.81. The predicted molar refractivity (Wildman–Crippen MR) is 112 cm³/mol. The maximum Gasteiger partial charge on any atom is 0.243 e. The van der Waals surface area contributed by atoms with Gasteiger partial charge in [0.15, 0.2) is 0 Å². The van der Waals surface area contributed by atoms with Crippen molar-refractivity contribution in [1.29, 1.82) is 0 Å². The molecule has 1 N–H and O–H groups in total. The Bertz CT molecular complexity index is 958. The van der Waals surface area contributed by atoms with Crippen molar-refractivity contribution in [3.8, 4) is 0 Å². The number of sulfonamides is 1. The Hall–Kier alpha value is -1.89. The monoisotopic (exact) mass is 420 g/mol. The number of halogens is 1. The van der Waals surface area contributed by atoms with Crippen molar-refractivity contribution in [3.63, 3.8) is 0 Å². The molecule has 2 aromatic rings. The van der Waals surface area contributed by atoms with Crippen LogP contribution in [0.4, 0.5) is 5.69 Å². The van der Waals surface area contributed by atoms with Crippen molar-refractivity contribution in [1.82, 2.24) is 4.31 Å². The van der Waals surface area contributed by atoms with E-state index >= 15 is 0 Å². The number of piperidine rings is 1. The lowest BCUT2D eigenvalue weighted by atomic mass is 10.0. The number of anilines is 1. The maximum atomic E-state index is 13.1. The summed E-state index contributed by atoms with van der Waals surface area (Å²) < 4.78 is 27.7. The summed E-state index contributed by atoms with van der Waals surface area (Å²) in [4.78, 5) is 12.9. The fraction of sp³-hybridized carbons (Fsp3) is 0.381. The van der Waals surface area contributed by atoms with Crippen LogP contribution in [-0.2, 0) is 14.8 Å². The van der Waals surface area contributed by atoms with Crippen molar-refractivity contribution in [3.05, 3.63) is 58.6 Å². The summed E-state index contributed by atoms with van der Waals surface area (Å²) in [6.45, 7) is 4.33. The molecule has 0 bridgehead atoms. The van der Waals surface area contributed by atoms with E-state index in [0.717, 1.165) is 29.7 Å². The van der Waals surface area contributed by atoms with Gasteiger partial charge in [-0.05, 0) is 68.1 Å². The van der Waals surface area contributed by atoms with Gasteiger partial charge in [-0.1, -0.05) is 30.2 Å². The number of hydrogen-bond acceptors (Lipinski definition) is 3.